The van der Waals surface area contributed by atoms with Gasteiger partial charge in [0.05, 0.1) is 12.6 Å². The van der Waals surface area contributed by atoms with Gasteiger partial charge < -0.3 is 5.32 Å². The number of hydrogen-bond acceptors (Lipinski definition) is 2. The number of aryl methyl sites for hydroxylation is 1. The van der Waals surface area contributed by atoms with Gasteiger partial charge in [0.1, 0.15) is 0 Å². The van der Waals surface area contributed by atoms with Crippen LogP contribution in [0.15, 0.2) is 12.4 Å². The predicted octanol–water partition coefficient (Wildman–Crippen LogP) is 2.12. The first-order valence-corrected chi connectivity index (χ1v) is 4.72. The predicted molar refractivity (Wildman–Crippen MR) is 50.4 cm³/mol. The van der Waals surface area contributed by atoms with E-state index in [0.29, 0.717) is 12.1 Å². The van der Waals surface area contributed by atoms with Gasteiger partial charge in [-0.2, -0.15) is 18.3 Å². The van der Waals surface area contributed by atoms with Crippen LogP contribution in [-0.2, 0) is 6.54 Å². The first-order chi connectivity index (χ1) is 6.96. The molecule has 0 fully saturated rings. The van der Waals surface area contributed by atoms with E-state index in [-0.39, 0.29) is 0 Å². The largest absolute Gasteiger partial charge is 0.390 e. The van der Waals surface area contributed by atoms with E-state index in [0.717, 1.165) is 0 Å². The summed E-state index contributed by atoms with van der Waals surface area (Å²) in [5.41, 5.74) is 0.566. The van der Waals surface area contributed by atoms with E-state index in [1.807, 2.05) is 6.92 Å². The summed E-state index contributed by atoms with van der Waals surface area (Å²) in [4.78, 5) is 0. The van der Waals surface area contributed by atoms with E-state index in [1.54, 1.807) is 10.9 Å². The smallest absolute Gasteiger partial charge is 0.313 e. The van der Waals surface area contributed by atoms with Crippen LogP contribution in [0.5, 0.6) is 0 Å². The first-order valence-electron chi connectivity index (χ1n) is 4.72. The lowest BCUT2D eigenvalue weighted by Gasteiger charge is -2.16. The fourth-order valence-electron chi connectivity index (χ4n) is 1.35. The van der Waals surface area contributed by atoms with Gasteiger partial charge in [-0.05, 0) is 14.0 Å². The standard InChI is InChI=1S/C9H14F3N3/c1-3-15-6-7(5-14-15)8(13-2)4-9(10,11)12/h5-6,8,13H,3-4H2,1-2H3. The van der Waals surface area contributed by atoms with Crippen LogP contribution in [0.3, 0.4) is 0 Å². The summed E-state index contributed by atoms with van der Waals surface area (Å²) in [5, 5.41) is 6.58. The molecule has 1 N–H and O–H groups in total. The second-order valence-electron chi connectivity index (χ2n) is 3.29. The lowest BCUT2D eigenvalue weighted by molar-refractivity contribution is -0.140. The van der Waals surface area contributed by atoms with Gasteiger partial charge in [-0.25, -0.2) is 0 Å². The first kappa shape index (κ1) is 12.0. The molecule has 0 saturated heterocycles. The average Bonchev–Trinajstić information content (AvgIpc) is 2.60. The van der Waals surface area contributed by atoms with Crippen molar-refractivity contribution in [3.05, 3.63) is 18.0 Å². The molecule has 3 nitrogen and oxygen atoms in total. The number of hydrogen-bond donors (Lipinski definition) is 1. The highest BCUT2D eigenvalue weighted by molar-refractivity contribution is 5.10. The fourth-order valence-corrected chi connectivity index (χ4v) is 1.35. The minimum absolute atomic E-state index is 0.566. The number of alkyl halides is 3. The molecule has 1 unspecified atom stereocenters. The number of halogens is 3. The van der Waals surface area contributed by atoms with Gasteiger partial charge in [0.15, 0.2) is 0 Å². The molecule has 0 saturated carbocycles. The minimum atomic E-state index is -4.16. The third kappa shape index (κ3) is 3.54. The van der Waals surface area contributed by atoms with Crippen molar-refractivity contribution in [2.75, 3.05) is 7.05 Å². The van der Waals surface area contributed by atoms with Crippen LogP contribution < -0.4 is 5.32 Å². The van der Waals surface area contributed by atoms with Gasteiger partial charge in [0.25, 0.3) is 0 Å². The van der Waals surface area contributed by atoms with Crippen molar-refractivity contribution in [2.24, 2.45) is 0 Å². The Kier molecular flexibility index (Phi) is 3.73. The van der Waals surface area contributed by atoms with Crippen molar-refractivity contribution >= 4 is 0 Å². The second kappa shape index (κ2) is 4.65. The molecular formula is C9H14F3N3. The highest BCUT2D eigenvalue weighted by Gasteiger charge is 2.32. The fraction of sp³-hybridized carbons (Fsp3) is 0.667. The van der Waals surface area contributed by atoms with Crippen molar-refractivity contribution in [3.8, 4) is 0 Å². The molecule has 86 valence electrons. The Morgan fingerprint density at radius 1 is 1.53 bits per heavy atom. The summed E-state index contributed by atoms with van der Waals surface area (Å²) in [7, 11) is 1.51. The monoisotopic (exact) mass is 221 g/mol. The number of nitrogens with zero attached hydrogens (tertiary/aromatic N) is 2. The van der Waals surface area contributed by atoms with Gasteiger partial charge in [-0.15, -0.1) is 0 Å². The van der Waals surface area contributed by atoms with Crippen molar-refractivity contribution in [3.63, 3.8) is 0 Å². The molecule has 1 aromatic heterocycles. The van der Waals surface area contributed by atoms with E-state index >= 15 is 0 Å². The Morgan fingerprint density at radius 3 is 2.60 bits per heavy atom. The third-order valence-electron chi connectivity index (χ3n) is 2.16. The summed E-state index contributed by atoms with van der Waals surface area (Å²) in [6.45, 7) is 2.54. The Morgan fingerprint density at radius 2 is 2.20 bits per heavy atom. The maximum absolute atomic E-state index is 12.2. The normalized spacial score (nSPS) is 14.2. The topological polar surface area (TPSA) is 29.9 Å². The quantitative estimate of drug-likeness (QED) is 0.844. The van der Waals surface area contributed by atoms with E-state index in [4.69, 9.17) is 0 Å². The SMILES string of the molecule is CCn1cc(C(CC(F)(F)F)NC)cn1. The molecule has 1 heterocycles. The van der Waals surface area contributed by atoms with Crippen LogP contribution in [0.2, 0.25) is 0 Å². The van der Waals surface area contributed by atoms with Crippen molar-refractivity contribution in [1.82, 2.24) is 15.1 Å². The molecule has 0 bridgehead atoms. The summed E-state index contributed by atoms with van der Waals surface area (Å²) in [6.07, 6.45) is -1.94. The maximum Gasteiger partial charge on any atom is 0.390 e. The van der Waals surface area contributed by atoms with E-state index in [9.17, 15) is 13.2 Å². The highest BCUT2D eigenvalue weighted by Crippen LogP contribution is 2.28. The Bertz CT molecular complexity index is 306. The van der Waals surface area contributed by atoms with Crippen LogP contribution >= 0.6 is 0 Å². The molecule has 0 aliphatic heterocycles. The van der Waals surface area contributed by atoms with E-state index in [1.165, 1.54) is 13.2 Å². The summed E-state index contributed by atoms with van der Waals surface area (Å²) in [5.74, 6) is 0. The minimum Gasteiger partial charge on any atom is -0.313 e. The highest BCUT2D eigenvalue weighted by atomic mass is 19.4. The van der Waals surface area contributed by atoms with Crippen LogP contribution in [0.1, 0.15) is 24.9 Å². The van der Waals surface area contributed by atoms with Crippen LogP contribution in [0.25, 0.3) is 0 Å². The van der Waals surface area contributed by atoms with Gasteiger partial charge >= 0.3 is 6.18 Å². The average molecular weight is 221 g/mol. The van der Waals surface area contributed by atoms with Gasteiger partial charge in [0, 0.05) is 24.3 Å². The molecule has 1 rings (SSSR count). The third-order valence-corrected chi connectivity index (χ3v) is 2.16. The lowest BCUT2D eigenvalue weighted by atomic mass is 10.1. The molecule has 0 amide bonds. The number of nitrogens with one attached hydrogen (secondary N) is 1. The maximum atomic E-state index is 12.2. The molecule has 0 radical (unpaired) electrons. The summed E-state index contributed by atoms with van der Waals surface area (Å²) < 4.78 is 38.2. The zero-order valence-electron chi connectivity index (χ0n) is 8.67. The zero-order valence-corrected chi connectivity index (χ0v) is 8.67. The Balaban J connectivity index is 2.74. The van der Waals surface area contributed by atoms with Crippen LogP contribution in [0.4, 0.5) is 13.2 Å². The molecular weight excluding hydrogens is 207 g/mol. The molecule has 1 atom stereocenters. The molecule has 0 spiro atoms. The van der Waals surface area contributed by atoms with Crippen molar-refractivity contribution < 1.29 is 13.2 Å². The van der Waals surface area contributed by atoms with Crippen molar-refractivity contribution in [2.45, 2.75) is 32.1 Å². The van der Waals surface area contributed by atoms with Gasteiger partial charge in [-0.3, -0.25) is 4.68 Å². The molecule has 6 heteroatoms. The molecule has 15 heavy (non-hydrogen) atoms. The molecule has 1 aromatic rings. The van der Waals surface area contributed by atoms with Crippen LogP contribution in [0, 0.1) is 0 Å². The van der Waals surface area contributed by atoms with Crippen molar-refractivity contribution in [1.29, 1.82) is 0 Å². The summed E-state index contributed by atoms with van der Waals surface area (Å²) in [6, 6.07) is -0.717. The van der Waals surface area contributed by atoms with E-state index < -0.39 is 18.6 Å². The second-order valence-corrected chi connectivity index (χ2v) is 3.29. The lowest BCUT2D eigenvalue weighted by Crippen LogP contribution is -2.23. The Hall–Kier alpha value is -1.04. The van der Waals surface area contributed by atoms with Gasteiger partial charge in [0.2, 0.25) is 0 Å². The molecule has 0 aromatic carbocycles. The Labute approximate surface area is 86.3 Å². The van der Waals surface area contributed by atoms with E-state index in [2.05, 4.69) is 10.4 Å². The van der Waals surface area contributed by atoms with Crippen LogP contribution in [-0.4, -0.2) is 23.0 Å². The zero-order chi connectivity index (χ0) is 11.5. The van der Waals surface area contributed by atoms with Gasteiger partial charge in [-0.1, -0.05) is 0 Å². The summed E-state index contributed by atoms with van der Waals surface area (Å²) >= 11 is 0. The number of rotatable bonds is 4. The number of aromatic nitrogens is 2. The molecule has 0 aliphatic carbocycles. The molecule has 0 aliphatic rings.